The second-order valence-corrected chi connectivity index (χ2v) is 7.49. The Morgan fingerprint density at radius 1 is 0.821 bits per heavy atom. The van der Waals surface area contributed by atoms with Crippen LogP contribution < -0.4 is 4.74 Å². The molecule has 7 nitrogen and oxygen atoms in total. The molecule has 0 heterocycles. The number of fused-ring (bicyclic) bond motifs is 1. The maximum atomic E-state index is 11.5. The number of phosphoric ester groups is 1. The van der Waals surface area contributed by atoms with Crippen molar-refractivity contribution < 1.29 is 32.7 Å². The molecule has 28 heavy (non-hydrogen) atoms. The van der Waals surface area contributed by atoms with Crippen LogP contribution in [0.25, 0.3) is 10.8 Å². The van der Waals surface area contributed by atoms with Gasteiger partial charge in [0.2, 0.25) is 0 Å². The normalized spacial score (nSPS) is 13.5. The van der Waals surface area contributed by atoms with Crippen molar-refractivity contribution in [2.45, 2.75) is 19.8 Å². The lowest BCUT2D eigenvalue weighted by Gasteiger charge is -2.12. The predicted octanol–water partition coefficient (Wildman–Crippen LogP) is 4.19. The topological polar surface area (TPSA) is 83.5 Å². The first-order valence-electron chi connectivity index (χ1n) is 9.50. The Morgan fingerprint density at radius 2 is 1.46 bits per heavy atom. The lowest BCUT2D eigenvalue weighted by molar-refractivity contribution is 0.0225. The molecular formula is C20H29O7P. The van der Waals surface area contributed by atoms with E-state index in [0.717, 1.165) is 22.9 Å². The summed E-state index contributed by atoms with van der Waals surface area (Å²) in [4.78, 5) is 9.42. The molecule has 0 amide bonds. The summed E-state index contributed by atoms with van der Waals surface area (Å²) in [5.41, 5.74) is 0. The third kappa shape index (κ3) is 8.69. The van der Waals surface area contributed by atoms with Crippen LogP contribution in [0.3, 0.4) is 0 Å². The van der Waals surface area contributed by atoms with Crippen LogP contribution in [0.2, 0.25) is 0 Å². The molecule has 0 spiro atoms. The molecule has 0 fully saturated rings. The summed E-state index contributed by atoms with van der Waals surface area (Å²) in [6.07, 6.45) is 1.60. The smallest absolute Gasteiger partial charge is 0.472 e. The molecule has 0 saturated heterocycles. The molecular weight excluding hydrogens is 383 g/mol. The van der Waals surface area contributed by atoms with Gasteiger partial charge in [0, 0.05) is 5.39 Å². The highest BCUT2D eigenvalue weighted by atomic mass is 31.2. The van der Waals surface area contributed by atoms with Gasteiger partial charge >= 0.3 is 7.82 Å². The molecule has 1 atom stereocenters. The molecule has 0 aliphatic carbocycles. The molecule has 0 bridgehead atoms. The molecule has 8 heteroatoms. The van der Waals surface area contributed by atoms with Crippen LogP contribution in [-0.2, 0) is 23.1 Å². The molecule has 0 aromatic heterocycles. The van der Waals surface area contributed by atoms with E-state index in [1.807, 2.05) is 49.4 Å². The predicted molar refractivity (Wildman–Crippen MR) is 108 cm³/mol. The SMILES string of the molecule is CCCCOP(=O)(O)OCCOCCOCCOc1cccc2ccccc12. The van der Waals surface area contributed by atoms with E-state index in [2.05, 4.69) is 0 Å². The fraction of sp³-hybridized carbons (Fsp3) is 0.500. The van der Waals surface area contributed by atoms with Gasteiger partial charge in [-0.1, -0.05) is 49.7 Å². The van der Waals surface area contributed by atoms with Crippen molar-refractivity contribution in [2.75, 3.05) is 46.2 Å². The fourth-order valence-corrected chi connectivity index (χ4v) is 3.17. The Bertz CT molecular complexity index is 732. The number of hydrogen-bond acceptors (Lipinski definition) is 6. The van der Waals surface area contributed by atoms with Crippen LogP contribution in [0.1, 0.15) is 19.8 Å². The van der Waals surface area contributed by atoms with Crippen molar-refractivity contribution in [2.24, 2.45) is 0 Å². The quantitative estimate of drug-likeness (QED) is 0.347. The summed E-state index contributed by atoms with van der Waals surface area (Å²) in [5, 5.41) is 2.22. The molecule has 1 N–H and O–H groups in total. The van der Waals surface area contributed by atoms with Crippen molar-refractivity contribution in [3.63, 3.8) is 0 Å². The van der Waals surface area contributed by atoms with E-state index >= 15 is 0 Å². The number of benzene rings is 2. The molecule has 0 aliphatic heterocycles. The molecule has 156 valence electrons. The minimum Gasteiger partial charge on any atom is -0.491 e. The van der Waals surface area contributed by atoms with Crippen LogP contribution in [0.5, 0.6) is 5.75 Å². The van der Waals surface area contributed by atoms with E-state index in [1.165, 1.54) is 0 Å². The maximum Gasteiger partial charge on any atom is 0.472 e. The second kappa shape index (κ2) is 12.9. The molecule has 1 unspecified atom stereocenters. The van der Waals surface area contributed by atoms with Gasteiger partial charge in [0.1, 0.15) is 12.4 Å². The monoisotopic (exact) mass is 412 g/mol. The first-order chi connectivity index (χ1) is 13.6. The first-order valence-corrected chi connectivity index (χ1v) is 11.0. The molecule has 2 rings (SSSR count). The Labute approximate surface area is 166 Å². The van der Waals surface area contributed by atoms with Gasteiger partial charge in [-0.15, -0.1) is 0 Å². The minimum atomic E-state index is -3.97. The third-order valence-electron chi connectivity index (χ3n) is 3.84. The lowest BCUT2D eigenvalue weighted by atomic mass is 10.1. The largest absolute Gasteiger partial charge is 0.491 e. The first kappa shape index (κ1) is 22.8. The van der Waals surface area contributed by atoms with E-state index in [1.54, 1.807) is 0 Å². The van der Waals surface area contributed by atoms with Gasteiger partial charge in [-0.2, -0.15) is 0 Å². The summed E-state index contributed by atoms with van der Waals surface area (Å²) in [6, 6.07) is 14.0. The van der Waals surface area contributed by atoms with E-state index in [9.17, 15) is 9.46 Å². The molecule has 2 aromatic carbocycles. The maximum absolute atomic E-state index is 11.5. The van der Waals surface area contributed by atoms with Gasteiger partial charge in [-0.05, 0) is 17.9 Å². The number of phosphoric acid groups is 1. The zero-order chi connectivity index (χ0) is 20.1. The van der Waals surface area contributed by atoms with Crippen LogP contribution >= 0.6 is 7.82 Å². The Balaban J connectivity index is 1.48. The Hall–Kier alpha value is -1.47. The van der Waals surface area contributed by atoms with Gasteiger partial charge in [-0.25, -0.2) is 4.57 Å². The molecule has 0 aliphatic rings. The van der Waals surface area contributed by atoms with Gasteiger partial charge in [-0.3, -0.25) is 9.05 Å². The summed E-state index contributed by atoms with van der Waals surface area (Å²) in [6.45, 7) is 4.02. The minimum absolute atomic E-state index is 0.00983. The van der Waals surface area contributed by atoms with Gasteiger partial charge in [0.25, 0.3) is 0 Å². The highest BCUT2D eigenvalue weighted by molar-refractivity contribution is 7.47. The van der Waals surface area contributed by atoms with Crippen molar-refractivity contribution >= 4 is 18.6 Å². The number of hydrogen-bond donors (Lipinski definition) is 1. The molecule has 2 aromatic rings. The van der Waals surface area contributed by atoms with E-state index < -0.39 is 7.82 Å². The highest BCUT2D eigenvalue weighted by Gasteiger charge is 2.19. The van der Waals surface area contributed by atoms with Gasteiger partial charge in [0.15, 0.2) is 0 Å². The summed E-state index contributed by atoms with van der Waals surface area (Å²) < 4.78 is 37.7. The summed E-state index contributed by atoms with van der Waals surface area (Å²) in [5.74, 6) is 0.838. The Morgan fingerprint density at radius 3 is 2.25 bits per heavy atom. The van der Waals surface area contributed by atoms with Gasteiger partial charge in [0.05, 0.1) is 39.6 Å². The van der Waals surface area contributed by atoms with Crippen LogP contribution in [0, 0.1) is 0 Å². The third-order valence-corrected chi connectivity index (χ3v) is 4.86. The van der Waals surface area contributed by atoms with Crippen molar-refractivity contribution in [3.05, 3.63) is 42.5 Å². The average Bonchev–Trinajstić information content (AvgIpc) is 2.69. The number of rotatable bonds is 15. The number of unbranched alkanes of at least 4 members (excludes halogenated alkanes) is 1. The van der Waals surface area contributed by atoms with E-state index in [0.29, 0.717) is 32.8 Å². The van der Waals surface area contributed by atoms with Gasteiger partial charge < -0.3 is 19.1 Å². The molecule has 0 saturated carbocycles. The van der Waals surface area contributed by atoms with E-state index in [4.69, 9.17) is 23.3 Å². The number of ether oxygens (including phenoxy) is 3. The van der Waals surface area contributed by atoms with Crippen molar-refractivity contribution in [1.29, 1.82) is 0 Å². The summed E-state index contributed by atoms with van der Waals surface area (Å²) in [7, 11) is -3.97. The van der Waals surface area contributed by atoms with Crippen LogP contribution in [-0.4, -0.2) is 51.1 Å². The Kier molecular flexibility index (Phi) is 10.5. The average molecular weight is 412 g/mol. The second-order valence-electron chi connectivity index (χ2n) is 6.04. The van der Waals surface area contributed by atoms with Crippen LogP contribution in [0.4, 0.5) is 0 Å². The summed E-state index contributed by atoms with van der Waals surface area (Å²) >= 11 is 0. The zero-order valence-electron chi connectivity index (χ0n) is 16.2. The van der Waals surface area contributed by atoms with E-state index in [-0.39, 0.29) is 19.8 Å². The van der Waals surface area contributed by atoms with Crippen molar-refractivity contribution in [1.82, 2.24) is 0 Å². The van der Waals surface area contributed by atoms with Crippen LogP contribution in [0.15, 0.2) is 42.5 Å². The molecule has 0 radical (unpaired) electrons. The highest BCUT2D eigenvalue weighted by Crippen LogP contribution is 2.43. The van der Waals surface area contributed by atoms with Crippen molar-refractivity contribution in [3.8, 4) is 5.75 Å². The lowest BCUT2D eigenvalue weighted by Crippen LogP contribution is -2.12. The zero-order valence-corrected chi connectivity index (χ0v) is 17.1. The fourth-order valence-electron chi connectivity index (χ4n) is 2.43. The standard InChI is InChI=1S/C20H29O7P/c1-2-3-11-26-28(21,22)27-17-15-24-13-12-23-14-16-25-20-10-6-8-18-7-4-5-9-19(18)20/h4-10H,2-3,11-17H2,1H3,(H,21,22).